The van der Waals surface area contributed by atoms with E-state index in [4.69, 9.17) is 5.11 Å². The highest BCUT2D eigenvalue weighted by molar-refractivity contribution is 7.99. The van der Waals surface area contributed by atoms with Gasteiger partial charge in [-0.2, -0.15) is 0 Å². The van der Waals surface area contributed by atoms with E-state index < -0.39 is 5.97 Å². The molecule has 1 aromatic carbocycles. The summed E-state index contributed by atoms with van der Waals surface area (Å²) in [6, 6.07) is 8.21. The summed E-state index contributed by atoms with van der Waals surface area (Å²) >= 11 is 1.20. The van der Waals surface area contributed by atoms with Crippen molar-refractivity contribution >= 4 is 23.6 Å². The molecule has 1 heterocycles. The van der Waals surface area contributed by atoms with Crippen LogP contribution in [0, 0.1) is 5.92 Å². The molecule has 0 aliphatic carbocycles. The summed E-state index contributed by atoms with van der Waals surface area (Å²) in [5.41, 5.74) is 2.34. The van der Waals surface area contributed by atoms with E-state index in [0.29, 0.717) is 23.3 Å². The first-order chi connectivity index (χ1) is 13.8. The number of aryl methyl sites for hydroxylation is 1. The quantitative estimate of drug-likeness (QED) is 0.542. The molecular formula is C21H30N4O3S. The number of rotatable bonds is 11. The van der Waals surface area contributed by atoms with Crippen molar-refractivity contribution in [2.75, 3.05) is 5.75 Å². The Kier molecular flexibility index (Phi) is 8.70. The van der Waals surface area contributed by atoms with Crippen LogP contribution in [-0.2, 0) is 29.0 Å². The fraction of sp³-hybridized carbons (Fsp3) is 0.524. The van der Waals surface area contributed by atoms with Gasteiger partial charge in [-0.15, -0.1) is 10.2 Å². The smallest absolute Gasteiger partial charge is 0.323 e. The van der Waals surface area contributed by atoms with Gasteiger partial charge in [0.25, 0.3) is 0 Å². The molecule has 1 unspecified atom stereocenters. The highest BCUT2D eigenvalue weighted by Crippen LogP contribution is 2.19. The third kappa shape index (κ3) is 7.20. The summed E-state index contributed by atoms with van der Waals surface area (Å²) in [5.74, 6) is 0.307. The van der Waals surface area contributed by atoms with Gasteiger partial charge in [-0.1, -0.05) is 56.8 Å². The van der Waals surface area contributed by atoms with Crippen molar-refractivity contribution in [3.05, 3.63) is 41.2 Å². The van der Waals surface area contributed by atoms with Crippen LogP contribution in [0.25, 0.3) is 0 Å². The van der Waals surface area contributed by atoms with Crippen LogP contribution in [0.5, 0.6) is 0 Å². The molecule has 8 heteroatoms. The zero-order chi connectivity index (χ0) is 21.4. The van der Waals surface area contributed by atoms with Gasteiger partial charge < -0.3 is 10.4 Å². The number of nitrogens with zero attached hydrogens (tertiary/aromatic N) is 3. The Morgan fingerprint density at radius 1 is 1.17 bits per heavy atom. The first-order valence-corrected chi connectivity index (χ1v) is 10.9. The molecule has 0 fully saturated rings. The average Bonchev–Trinajstić information content (AvgIpc) is 3.01. The van der Waals surface area contributed by atoms with E-state index >= 15 is 0 Å². The predicted octanol–water partition coefficient (Wildman–Crippen LogP) is 3.48. The molecule has 0 aliphatic rings. The molecule has 2 N–H and O–H groups in total. The van der Waals surface area contributed by atoms with Gasteiger partial charge in [-0.05, 0) is 36.8 Å². The standard InChI is InChI=1S/C21H30N4O3S/c1-5-6-18-23-24-21(25(18)12-20(27)28)29-13-19(26)22-15(4)17-9-7-16(8-10-17)11-14(2)3/h7-10,14-15H,5-6,11-13H2,1-4H3,(H,22,26)(H,27,28). The number of benzene rings is 1. The molecule has 158 valence electrons. The lowest BCUT2D eigenvalue weighted by Gasteiger charge is -2.15. The molecule has 2 aromatic rings. The van der Waals surface area contributed by atoms with Gasteiger partial charge in [0.05, 0.1) is 11.8 Å². The summed E-state index contributed by atoms with van der Waals surface area (Å²) in [6.07, 6.45) is 2.53. The van der Waals surface area contributed by atoms with Gasteiger partial charge in [0, 0.05) is 6.42 Å². The molecule has 1 aromatic heterocycles. The first-order valence-electron chi connectivity index (χ1n) is 9.95. The molecule has 1 amide bonds. The summed E-state index contributed by atoms with van der Waals surface area (Å²) in [5, 5.41) is 20.7. The third-order valence-electron chi connectivity index (χ3n) is 4.39. The summed E-state index contributed by atoms with van der Waals surface area (Å²) in [7, 11) is 0. The van der Waals surface area contributed by atoms with E-state index in [1.54, 1.807) is 4.57 Å². The minimum absolute atomic E-state index is 0.108. The molecule has 0 bridgehead atoms. The number of carbonyl (C=O) groups excluding carboxylic acids is 1. The second kappa shape index (κ2) is 11.0. The fourth-order valence-corrected chi connectivity index (χ4v) is 3.81. The van der Waals surface area contributed by atoms with Gasteiger partial charge in [-0.3, -0.25) is 14.2 Å². The van der Waals surface area contributed by atoms with E-state index in [2.05, 4.69) is 53.6 Å². The van der Waals surface area contributed by atoms with E-state index in [9.17, 15) is 9.59 Å². The van der Waals surface area contributed by atoms with Gasteiger partial charge in [0.1, 0.15) is 12.4 Å². The molecular weight excluding hydrogens is 388 g/mol. The number of hydrogen-bond acceptors (Lipinski definition) is 5. The number of thioether (sulfide) groups is 1. The van der Waals surface area contributed by atoms with Crippen molar-refractivity contribution in [2.45, 2.75) is 64.7 Å². The molecule has 0 saturated carbocycles. The van der Waals surface area contributed by atoms with Crippen LogP contribution in [0.15, 0.2) is 29.4 Å². The number of carboxylic acid groups (broad SMARTS) is 1. The topological polar surface area (TPSA) is 97.1 Å². The van der Waals surface area contributed by atoms with Crippen LogP contribution in [0.1, 0.15) is 57.1 Å². The second-order valence-corrected chi connectivity index (χ2v) is 8.49. The van der Waals surface area contributed by atoms with E-state index in [0.717, 1.165) is 18.4 Å². The van der Waals surface area contributed by atoms with Gasteiger partial charge in [-0.25, -0.2) is 0 Å². The van der Waals surface area contributed by atoms with Crippen molar-refractivity contribution in [3.63, 3.8) is 0 Å². The van der Waals surface area contributed by atoms with Gasteiger partial charge in [0.15, 0.2) is 5.16 Å². The van der Waals surface area contributed by atoms with Crippen molar-refractivity contribution < 1.29 is 14.7 Å². The lowest BCUT2D eigenvalue weighted by Crippen LogP contribution is -2.28. The summed E-state index contributed by atoms with van der Waals surface area (Å²) in [4.78, 5) is 23.5. The average molecular weight is 419 g/mol. The second-order valence-electron chi connectivity index (χ2n) is 7.55. The number of hydrogen-bond donors (Lipinski definition) is 2. The molecule has 0 spiro atoms. The van der Waals surface area contributed by atoms with Gasteiger partial charge >= 0.3 is 5.97 Å². The van der Waals surface area contributed by atoms with Crippen molar-refractivity contribution in [1.82, 2.24) is 20.1 Å². The van der Waals surface area contributed by atoms with Crippen LogP contribution >= 0.6 is 11.8 Å². The molecule has 7 nitrogen and oxygen atoms in total. The SMILES string of the molecule is CCCc1nnc(SCC(=O)NC(C)c2ccc(CC(C)C)cc2)n1CC(=O)O. The fourth-order valence-electron chi connectivity index (χ4n) is 3.04. The van der Waals surface area contributed by atoms with Gasteiger partial charge in [0.2, 0.25) is 5.91 Å². The number of aromatic nitrogens is 3. The molecule has 0 saturated heterocycles. The van der Waals surface area contributed by atoms with Crippen LogP contribution in [-0.4, -0.2) is 37.5 Å². The lowest BCUT2D eigenvalue weighted by atomic mass is 10.00. The number of carboxylic acids is 1. The molecule has 0 radical (unpaired) electrons. The van der Waals surface area contributed by atoms with Crippen molar-refractivity contribution in [2.24, 2.45) is 5.92 Å². The van der Waals surface area contributed by atoms with E-state index in [-0.39, 0.29) is 24.2 Å². The molecule has 0 aliphatic heterocycles. The minimum Gasteiger partial charge on any atom is -0.480 e. The third-order valence-corrected chi connectivity index (χ3v) is 5.36. The maximum Gasteiger partial charge on any atom is 0.323 e. The molecule has 29 heavy (non-hydrogen) atoms. The largest absolute Gasteiger partial charge is 0.480 e. The lowest BCUT2D eigenvalue weighted by molar-refractivity contribution is -0.137. The Hall–Kier alpha value is -2.35. The minimum atomic E-state index is -0.956. The maximum absolute atomic E-state index is 12.4. The highest BCUT2D eigenvalue weighted by Gasteiger charge is 2.17. The zero-order valence-corrected chi connectivity index (χ0v) is 18.3. The Balaban J connectivity index is 1.93. The summed E-state index contributed by atoms with van der Waals surface area (Å²) in [6.45, 7) is 8.13. The predicted molar refractivity (Wildman–Crippen MR) is 114 cm³/mol. The van der Waals surface area contributed by atoms with Crippen LogP contribution in [0.2, 0.25) is 0 Å². The maximum atomic E-state index is 12.4. The number of amides is 1. The van der Waals surface area contributed by atoms with Crippen molar-refractivity contribution in [1.29, 1.82) is 0 Å². The van der Waals surface area contributed by atoms with Crippen LogP contribution in [0.4, 0.5) is 0 Å². The number of nitrogens with one attached hydrogen (secondary N) is 1. The molecule has 1 atom stereocenters. The normalized spacial score (nSPS) is 12.2. The van der Waals surface area contributed by atoms with E-state index in [1.165, 1.54) is 17.3 Å². The molecule has 2 rings (SSSR count). The summed E-state index contributed by atoms with van der Waals surface area (Å²) < 4.78 is 1.57. The number of aliphatic carboxylic acids is 1. The Morgan fingerprint density at radius 2 is 1.86 bits per heavy atom. The van der Waals surface area contributed by atoms with Crippen LogP contribution in [0.3, 0.4) is 0 Å². The van der Waals surface area contributed by atoms with Crippen molar-refractivity contribution in [3.8, 4) is 0 Å². The zero-order valence-electron chi connectivity index (χ0n) is 17.5. The van der Waals surface area contributed by atoms with E-state index in [1.807, 2.05) is 13.8 Å². The monoisotopic (exact) mass is 418 g/mol. The Labute approximate surface area is 176 Å². The Bertz CT molecular complexity index is 818. The first kappa shape index (κ1) is 22.9. The Morgan fingerprint density at radius 3 is 2.45 bits per heavy atom. The van der Waals surface area contributed by atoms with Crippen LogP contribution < -0.4 is 5.32 Å². The number of carbonyl (C=O) groups is 2. The highest BCUT2D eigenvalue weighted by atomic mass is 32.2.